The zero-order chi connectivity index (χ0) is 22.2. The van der Waals surface area contributed by atoms with Crippen LogP contribution in [0.1, 0.15) is 12.5 Å². The molecule has 0 saturated carbocycles. The number of nitrogens with two attached hydrogens (primary N) is 1. The zero-order valence-corrected chi connectivity index (χ0v) is 18.4. The first-order valence-corrected chi connectivity index (χ1v) is 11.4. The summed E-state index contributed by atoms with van der Waals surface area (Å²) in [5.41, 5.74) is 9.32. The fourth-order valence-corrected chi connectivity index (χ4v) is 5.44. The Bertz CT molecular complexity index is 1370. The van der Waals surface area contributed by atoms with Gasteiger partial charge < -0.3 is 20.4 Å². The maximum Gasteiger partial charge on any atom is 0.210 e. The van der Waals surface area contributed by atoms with Gasteiger partial charge in [0.2, 0.25) is 9.84 Å². The van der Waals surface area contributed by atoms with E-state index >= 15 is 0 Å². The summed E-state index contributed by atoms with van der Waals surface area (Å²) in [5, 5.41) is 4.54. The lowest BCUT2D eigenvalue weighted by molar-refractivity contribution is 0.414. The first-order valence-electron chi connectivity index (χ1n) is 9.88. The van der Waals surface area contributed by atoms with Crippen LogP contribution in [0.4, 0.5) is 5.82 Å². The van der Waals surface area contributed by atoms with Gasteiger partial charge in [0.15, 0.2) is 0 Å². The van der Waals surface area contributed by atoms with Crippen LogP contribution in [0.2, 0.25) is 0 Å². The molecule has 1 aliphatic rings. The van der Waals surface area contributed by atoms with Gasteiger partial charge >= 0.3 is 0 Å². The minimum atomic E-state index is -3.82. The molecule has 0 atom stereocenters. The Morgan fingerprint density at radius 2 is 1.84 bits per heavy atom. The van der Waals surface area contributed by atoms with Crippen molar-refractivity contribution in [2.45, 2.75) is 23.3 Å². The van der Waals surface area contributed by atoms with E-state index in [0.717, 1.165) is 27.8 Å². The second-order valence-corrected chi connectivity index (χ2v) is 9.40. The van der Waals surface area contributed by atoms with Gasteiger partial charge in [-0.05, 0) is 42.3 Å². The van der Waals surface area contributed by atoms with Gasteiger partial charge in [-0.15, -0.1) is 0 Å². The fourth-order valence-electron chi connectivity index (χ4n) is 3.86. The summed E-state index contributed by atoms with van der Waals surface area (Å²) in [6.45, 7) is 6.99. The third-order valence-corrected chi connectivity index (χ3v) is 7.30. The van der Waals surface area contributed by atoms with Gasteiger partial charge in [0, 0.05) is 24.5 Å². The number of hydrogen-bond acceptors (Lipinski definition) is 5. The number of nitrogen functional groups attached to an aromatic ring is 1. The topological polar surface area (TPSA) is 86.4 Å². The molecule has 6 nitrogen and oxygen atoms in total. The molecule has 0 amide bonds. The lowest BCUT2D eigenvalue weighted by atomic mass is 10.1. The third-order valence-electron chi connectivity index (χ3n) is 5.44. The van der Waals surface area contributed by atoms with Gasteiger partial charge in [-0.3, -0.25) is 0 Å². The van der Waals surface area contributed by atoms with Crippen molar-refractivity contribution in [2.75, 3.05) is 19.4 Å². The molecule has 160 valence electrons. The Kier molecular flexibility index (Phi) is 5.37. The van der Waals surface area contributed by atoms with Crippen molar-refractivity contribution in [2.24, 2.45) is 0 Å². The molecule has 0 saturated heterocycles. The molecule has 0 fully saturated rings. The first-order chi connectivity index (χ1) is 14.8. The Labute approximate surface area is 181 Å². The largest absolute Gasteiger partial charge is 0.497 e. The zero-order valence-electron chi connectivity index (χ0n) is 17.6. The highest BCUT2D eigenvalue weighted by Gasteiger charge is 2.28. The first kappa shape index (κ1) is 20.8. The molecule has 1 aliphatic heterocycles. The van der Waals surface area contributed by atoms with Gasteiger partial charge in [-0.2, -0.15) is 0 Å². The predicted octanol–water partition coefficient (Wildman–Crippen LogP) is 2.03. The summed E-state index contributed by atoms with van der Waals surface area (Å²) in [5.74, 6) is 0.966. The van der Waals surface area contributed by atoms with Crippen molar-refractivity contribution in [3.8, 4) is 5.75 Å². The lowest BCUT2D eigenvalue weighted by Gasteiger charge is -2.14. The molecule has 0 spiro atoms. The van der Waals surface area contributed by atoms with Crippen LogP contribution in [0.15, 0.2) is 76.5 Å². The highest BCUT2D eigenvalue weighted by atomic mass is 32.2. The van der Waals surface area contributed by atoms with Crippen molar-refractivity contribution in [3.63, 3.8) is 0 Å². The number of methoxy groups -OCH3 is 1. The Morgan fingerprint density at radius 3 is 2.45 bits per heavy atom. The van der Waals surface area contributed by atoms with E-state index in [1.165, 1.54) is 0 Å². The number of hydrogen-bond donors (Lipinski definition) is 2. The molecule has 0 radical (unpaired) electrons. The third kappa shape index (κ3) is 3.61. The van der Waals surface area contributed by atoms with Crippen LogP contribution in [-0.4, -0.2) is 26.6 Å². The number of anilines is 1. The van der Waals surface area contributed by atoms with E-state index in [-0.39, 0.29) is 15.6 Å². The number of ether oxygens (including phenoxy) is 1. The maximum absolute atomic E-state index is 13.6. The van der Waals surface area contributed by atoms with Crippen LogP contribution in [0.25, 0.3) is 11.8 Å². The van der Waals surface area contributed by atoms with Crippen molar-refractivity contribution in [1.82, 2.24) is 9.88 Å². The van der Waals surface area contributed by atoms with Gasteiger partial charge in [0.1, 0.15) is 16.5 Å². The number of rotatable bonds is 6. The number of nitrogens with one attached hydrogen (secondary N) is 1. The van der Waals surface area contributed by atoms with E-state index in [4.69, 9.17) is 10.5 Å². The summed E-state index contributed by atoms with van der Waals surface area (Å²) >= 11 is 0. The van der Waals surface area contributed by atoms with Gasteiger partial charge in [-0.25, -0.2) is 8.42 Å². The van der Waals surface area contributed by atoms with Gasteiger partial charge in [0.25, 0.3) is 0 Å². The van der Waals surface area contributed by atoms with E-state index in [2.05, 4.69) is 11.9 Å². The lowest BCUT2D eigenvalue weighted by Crippen LogP contribution is -2.41. The van der Waals surface area contributed by atoms with E-state index < -0.39 is 9.84 Å². The van der Waals surface area contributed by atoms with Crippen LogP contribution in [0, 0.1) is 0 Å². The summed E-state index contributed by atoms with van der Waals surface area (Å²) in [7, 11) is -2.20. The minimum Gasteiger partial charge on any atom is -0.497 e. The Morgan fingerprint density at radius 1 is 1.16 bits per heavy atom. The SMILES string of the molecule is C=C(C)C1=c2c(c(S(=O)(=O)c3ccccc3)c(N)n2Cc2ccc(OC)cc2)=CNC1. The van der Waals surface area contributed by atoms with Crippen molar-refractivity contribution in [3.05, 3.63) is 82.9 Å². The molecule has 4 rings (SSSR count). The molecule has 0 bridgehead atoms. The van der Waals surface area contributed by atoms with Gasteiger partial charge in [0.05, 0.1) is 17.4 Å². The summed E-state index contributed by atoms with van der Waals surface area (Å²) in [6.07, 6.45) is 1.73. The molecule has 3 aromatic rings. The number of fused-ring (bicyclic) bond motifs is 1. The Balaban J connectivity index is 2.00. The highest BCUT2D eigenvalue weighted by molar-refractivity contribution is 7.91. The molecule has 31 heavy (non-hydrogen) atoms. The molecular formula is C24H25N3O3S. The summed E-state index contributed by atoms with van der Waals surface area (Å²) in [6, 6.07) is 16.0. The Hall–Kier alpha value is -3.45. The monoisotopic (exact) mass is 435 g/mol. The molecule has 1 aromatic heterocycles. The van der Waals surface area contributed by atoms with Crippen LogP contribution >= 0.6 is 0 Å². The summed E-state index contributed by atoms with van der Waals surface area (Å²) in [4.78, 5) is 0.329. The number of nitrogens with zero attached hydrogens (tertiary/aromatic N) is 1. The van der Waals surface area contributed by atoms with Crippen LogP contribution in [-0.2, 0) is 16.4 Å². The van der Waals surface area contributed by atoms with Gasteiger partial charge in [-0.1, -0.05) is 42.5 Å². The van der Waals surface area contributed by atoms with Crippen molar-refractivity contribution >= 4 is 27.4 Å². The molecule has 0 unspecified atom stereocenters. The average Bonchev–Trinajstić information content (AvgIpc) is 3.06. The molecule has 3 N–H and O–H groups in total. The van der Waals surface area contributed by atoms with E-state index in [1.54, 1.807) is 43.6 Å². The number of aromatic nitrogens is 1. The smallest absolute Gasteiger partial charge is 0.210 e. The van der Waals surface area contributed by atoms with E-state index in [9.17, 15) is 8.42 Å². The number of sulfone groups is 1. The average molecular weight is 436 g/mol. The van der Waals surface area contributed by atoms with E-state index in [0.29, 0.717) is 18.3 Å². The van der Waals surface area contributed by atoms with Crippen LogP contribution in [0.5, 0.6) is 5.75 Å². The molecule has 2 heterocycles. The quantitative estimate of drug-likeness (QED) is 0.619. The summed E-state index contributed by atoms with van der Waals surface area (Å²) < 4.78 is 34.2. The second-order valence-electron chi connectivity index (χ2n) is 7.51. The van der Waals surface area contributed by atoms with E-state index in [1.807, 2.05) is 35.8 Å². The van der Waals surface area contributed by atoms with Crippen LogP contribution in [0.3, 0.4) is 0 Å². The molecule has 0 aliphatic carbocycles. The molecular weight excluding hydrogens is 410 g/mol. The normalized spacial score (nSPS) is 13.2. The van der Waals surface area contributed by atoms with Crippen molar-refractivity contribution in [1.29, 1.82) is 0 Å². The second kappa shape index (κ2) is 8.00. The van der Waals surface area contributed by atoms with Crippen LogP contribution < -0.4 is 26.4 Å². The van der Waals surface area contributed by atoms with Crippen molar-refractivity contribution < 1.29 is 13.2 Å². The highest BCUT2D eigenvalue weighted by Crippen LogP contribution is 2.24. The standard InChI is InChI=1S/C24H25N3O3S/c1-16(2)20-13-26-14-21-22(20)27(15-17-9-11-18(30-3)12-10-17)24(25)23(21)31(28,29)19-7-5-4-6-8-19/h4-12,14,26H,1,13,15,25H2,2-3H3. The predicted molar refractivity (Wildman–Crippen MR) is 123 cm³/mol. The maximum atomic E-state index is 13.6. The fraction of sp³-hybridized carbons (Fsp3) is 0.167. The molecule has 2 aromatic carbocycles. The molecule has 7 heteroatoms. The minimum absolute atomic E-state index is 0.119. The number of benzene rings is 2.